The fourth-order valence-electron chi connectivity index (χ4n) is 3.89. The van der Waals surface area contributed by atoms with Crippen LogP contribution in [0.2, 0.25) is 0 Å². The number of nitrogens with zero attached hydrogens (tertiary/aromatic N) is 1. The van der Waals surface area contributed by atoms with Crippen LogP contribution in [-0.4, -0.2) is 34.3 Å². The molecule has 8 heteroatoms. The molecule has 150 valence electrons. The summed E-state index contributed by atoms with van der Waals surface area (Å²) in [7, 11) is 1.22. The lowest BCUT2D eigenvalue weighted by atomic mass is 9.80. The molecule has 1 aliphatic heterocycles. The van der Waals surface area contributed by atoms with Gasteiger partial charge in [-0.2, -0.15) is 11.8 Å². The number of rotatable bonds is 7. The number of benzene rings is 1. The molecule has 0 radical (unpaired) electrons. The topological polar surface area (TPSA) is 68.5 Å². The average molecular weight is 531 g/mol. The van der Waals surface area contributed by atoms with Crippen LogP contribution in [0.4, 0.5) is 0 Å². The number of ketones is 1. The molecule has 1 N–H and O–H groups in total. The van der Waals surface area contributed by atoms with E-state index in [1.165, 1.54) is 19.6 Å². The first-order valence-electron chi connectivity index (χ1n) is 8.82. The summed E-state index contributed by atoms with van der Waals surface area (Å²) in [4.78, 5) is 25.0. The highest BCUT2D eigenvalue weighted by Gasteiger charge is 2.60. The molecule has 0 saturated heterocycles. The van der Waals surface area contributed by atoms with Crippen LogP contribution in [0.3, 0.4) is 0 Å². The molecule has 3 rings (SSSR count). The van der Waals surface area contributed by atoms with E-state index in [4.69, 9.17) is 4.74 Å². The Balaban J connectivity index is 1.86. The molecule has 2 aromatic rings. The third-order valence-corrected chi connectivity index (χ3v) is 8.10. The molecule has 0 aliphatic carbocycles. The van der Waals surface area contributed by atoms with Crippen molar-refractivity contribution >= 4 is 55.4 Å². The fourth-order valence-corrected chi connectivity index (χ4v) is 5.85. The van der Waals surface area contributed by atoms with Crippen molar-refractivity contribution in [1.29, 1.82) is 0 Å². The predicted octanol–water partition coefficient (Wildman–Crippen LogP) is 4.46. The molecule has 5 nitrogen and oxygen atoms in total. The quantitative estimate of drug-likeness (QED) is 0.423. The molecule has 28 heavy (non-hydrogen) atoms. The van der Waals surface area contributed by atoms with Gasteiger partial charge in [0, 0.05) is 11.8 Å². The lowest BCUT2D eigenvalue weighted by Gasteiger charge is -2.28. The molecule has 1 aromatic carbocycles. The normalized spacial score (nSPS) is 23.5. The zero-order valence-corrected chi connectivity index (χ0v) is 19.5. The largest absolute Gasteiger partial charge is 0.467 e. The Kier molecular flexibility index (Phi) is 6.74. The molecule has 0 unspecified atom stereocenters. The SMILES string of the molecule is COC(=O)[C@]1(O)c2cc(Br)c(Br)n2[C@H](CCSCc2ccccc2)[C@H]1C(C)=O. The highest BCUT2D eigenvalue weighted by molar-refractivity contribution is 9.13. The van der Waals surface area contributed by atoms with E-state index < -0.39 is 17.5 Å². The number of methoxy groups -OCH3 is 1. The van der Waals surface area contributed by atoms with E-state index in [1.807, 2.05) is 22.8 Å². The van der Waals surface area contributed by atoms with Crippen LogP contribution in [0.15, 0.2) is 45.5 Å². The Morgan fingerprint density at radius 2 is 1.96 bits per heavy atom. The maximum Gasteiger partial charge on any atom is 0.345 e. The molecular formula is C20H21Br2NO4S. The van der Waals surface area contributed by atoms with Gasteiger partial charge in [0.25, 0.3) is 0 Å². The number of carbonyl (C=O) groups excluding carboxylic acids is 2. The Morgan fingerprint density at radius 3 is 2.57 bits per heavy atom. The minimum absolute atomic E-state index is 0.238. The number of hydrogen-bond acceptors (Lipinski definition) is 5. The van der Waals surface area contributed by atoms with Gasteiger partial charge in [0.2, 0.25) is 5.60 Å². The van der Waals surface area contributed by atoms with Crippen LogP contribution in [0.25, 0.3) is 0 Å². The number of hydrogen-bond donors (Lipinski definition) is 1. The summed E-state index contributed by atoms with van der Waals surface area (Å²) >= 11 is 8.72. The number of halogens is 2. The van der Waals surface area contributed by atoms with Crippen molar-refractivity contribution in [1.82, 2.24) is 4.57 Å². The minimum atomic E-state index is -2.00. The highest BCUT2D eigenvalue weighted by Crippen LogP contribution is 2.52. The van der Waals surface area contributed by atoms with Gasteiger partial charge in [-0.25, -0.2) is 4.79 Å². The van der Waals surface area contributed by atoms with E-state index in [2.05, 4.69) is 44.0 Å². The van der Waals surface area contributed by atoms with Crippen molar-refractivity contribution in [3.8, 4) is 0 Å². The van der Waals surface area contributed by atoms with Crippen LogP contribution in [0.5, 0.6) is 0 Å². The summed E-state index contributed by atoms with van der Waals surface area (Å²) in [5.41, 5.74) is -0.390. The maximum absolute atomic E-state index is 12.5. The smallest absolute Gasteiger partial charge is 0.345 e. The summed E-state index contributed by atoms with van der Waals surface area (Å²) in [6.07, 6.45) is 0.633. The second-order valence-corrected chi connectivity index (χ2v) is 9.49. The fraction of sp³-hybridized carbons (Fsp3) is 0.400. The van der Waals surface area contributed by atoms with Crippen LogP contribution in [0, 0.1) is 5.92 Å². The highest BCUT2D eigenvalue weighted by atomic mass is 79.9. The molecule has 1 aliphatic rings. The van der Waals surface area contributed by atoms with E-state index in [0.717, 1.165) is 11.5 Å². The monoisotopic (exact) mass is 529 g/mol. The van der Waals surface area contributed by atoms with Crippen molar-refractivity contribution in [3.63, 3.8) is 0 Å². The molecule has 0 fully saturated rings. The van der Waals surface area contributed by atoms with Crippen molar-refractivity contribution in [2.45, 2.75) is 30.7 Å². The van der Waals surface area contributed by atoms with E-state index in [1.54, 1.807) is 17.8 Å². The molecule has 0 saturated carbocycles. The van der Waals surface area contributed by atoms with Crippen molar-refractivity contribution in [3.05, 3.63) is 56.7 Å². The van der Waals surface area contributed by atoms with Crippen LogP contribution < -0.4 is 0 Å². The van der Waals surface area contributed by atoms with Gasteiger partial charge in [-0.1, -0.05) is 30.3 Å². The first kappa shape index (κ1) is 21.6. The molecule has 1 aromatic heterocycles. The maximum atomic E-state index is 12.5. The molecule has 2 heterocycles. The number of thioether (sulfide) groups is 1. The van der Waals surface area contributed by atoms with Crippen molar-refractivity contribution in [2.75, 3.05) is 12.9 Å². The summed E-state index contributed by atoms with van der Waals surface area (Å²) in [5, 5.41) is 11.3. The van der Waals surface area contributed by atoms with Gasteiger partial charge in [-0.05, 0) is 62.6 Å². The Bertz CT molecular complexity index is 886. The van der Waals surface area contributed by atoms with E-state index in [-0.39, 0.29) is 11.8 Å². The molecule has 0 bridgehead atoms. The number of carbonyl (C=O) groups is 2. The number of ether oxygens (including phenoxy) is 1. The first-order valence-corrected chi connectivity index (χ1v) is 11.6. The van der Waals surface area contributed by atoms with Crippen molar-refractivity contribution < 1.29 is 19.4 Å². The number of esters is 1. The van der Waals surface area contributed by atoms with Gasteiger partial charge in [0.1, 0.15) is 5.78 Å². The number of fused-ring (bicyclic) bond motifs is 1. The van der Waals surface area contributed by atoms with Gasteiger partial charge < -0.3 is 14.4 Å². The summed E-state index contributed by atoms with van der Waals surface area (Å²) < 4.78 is 8.13. The molecule has 0 amide bonds. The van der Waals surface area contributed by atoms with Crippen LogP contribution in [-0.2, 0) is 25.7 Å². The van der Waals surface area contributed by atoms with E-state index in [0.29, 0.717) is 21.2 Å². The van der Waals surface area contributed by atoms with Gasteiger partial charge >= 0.3 is 5.97 Å². The molecular weight excluding hydrogens is 510 g/mol. The number of aliphatic hydroxyl groups is 1. The average Bonchev–Trinajstić information content (AvgIpc) is 3.11. The number of aromatic nitrogens is 1. The van der Waals surface area contributed by atoms with Crippen LogP contribution >= 0.6 is 43.6 Å². The van der Waals surface area contributed by atoms with Crippen LogP contribution in [0.1, 0.15) is 30.6 Å². The summed E-state index contributed by atoms with van der Waals surface area (Å²) in [6, 6.07) is 11.5. The Labute approximate surface area is 185 Å². The van der Waals surface area contributed by atoms with E-state index in [9.17, 15) is 14.7 Å². The minimum Gasteiger partial charge on any atom is -0.467 e. The van der Waals surface area contributed by atoms with Gasteiger partial charge in [0.05, 0.1) is 27.8 Å². The lowest BCUT2D eigenvalue weighted by molar-refractivity contribution is -0.172. The Hall–Kier alpha value is -1.09. The first-order chi connectivity index (χ1) is 13.3. The summed E-state index contributed by atoms with van der Waals surface area (Å²) in [6.45, 7) is 1.41. The zero-order chi connectivity index (χ0) is 20.5. The van der Waals surface area contributed by atoms with Gasteiger partial charge in [-0.3, -0.25) is 4.79 Å². The lowest BCUT2D eigenvalue weighted by Crippen LogP contribution is -2.45. The van der Waals surface area contributed by atoms with E-state index >= 15 is 0 Å². The Morgan fingerprint density at radius 1 is 1.29 bits per heavy atom. The number of Topliss-reactive ketones (excluding diaryl/α,β-unsaturated/α-hetero) is 1. The zero-order valence-electron chi connectivity index (χ0n) is 15.5. The standard InChI is InChI=1S/C20H21Br2NO4S/c1-12(24)17-15(8-9-28-11-13-6-4-3-5-7-13)23-16(10-14(21)18(23)22)20(17,26)19(25)27-2/h3-7,10,15,17,26H,8-9,11H2,1-2H3/t15-,17-,20+/m1/s1. The predicted molar refractivity (Wildman–Crippen MR) is 116 cm³/mol. The van der Waals surface area contributed by atoms with Crippen molar-refractivity contribution in [2.24, 2.45) is 5.92 Å². The van der Waals surface area contributed by atoms with Gasteiger partial charge in [-0.15, -0.1) is 0 Å². The van der Waals surface area contributed by atoms with Gasteiger partial charge in [0.15, 0.2) is 0 Å². The second kappa shape index (κ2) is 8.73. The third kappa shape index (κ3) is 3.72. The molecule has 3 atom stereocenters. The summed E-state index contributed by atoms with van der Waals surface area (Å²) in [5.74, 6) is -0.300. The second-order valence-electron chi connectivity index (χ2n) is 6.78. The third-order valence-electron chi connectivity index (χ3n) is 5.09. The molecule has 0 spiro atoms.